The summed E-state index contributed by atoms with van der Waals surface area (Å²) in [5.41, 5.74) is 0.960. The van der Waals surface area contributed by atoms with Crippen LogP contribution in [0.4, 0.5) is 5.69 Å². The summed E-state index contributed by atoms with van der Waals surface area (Å²) in [6.07, 6.45) is 3.24. The Labute approximate surface area is 120 Å². The van der Waals surface area contributed by atoms with Gasteiger partial charge in [-0.2, -0.15) is 0 Å². The van der Waals surface area contributed by atoms with E-state index in [1.807, 2.05) is 6.07 Å². The Bertz CT molecular complexity index is 434. The van der Waals surface area contributed by atoms with Gasteiger partial charge in [-0.25, -0.2) is 4.79 Å². The number of halogens is 1. The van der Waals surface area contributed by atoms with Crippen molar-refractivity contribution < 1.29 is 9.90 Å². The molecule has 106 valence electrons. The second kappa shape index (κ2) is 7.39. The quantitative estimate of drug-likeness (QED) is 0.765. The average Bonchev–Trinajstić information content (AvgIpc) is 2.39. The molecule has 0 heterocycles. The fourth-order valence-corrected chi connectivity index (χ4v) is 2.19. The zero-order valence-electron chi connectivity index (χ0n) is 11.7. The highest BCUT2D eigenvalue weighted by Gasteiger charge is 2.13. The van der Waals surface area contributed by atoms with Crippen LogP contribution in [0.3, 0.4) is 0 Å². The van der Waals surface area contributed by atoms with E-state index < -0.39 is 5.97 Å². The van der Waals surface area contributed by atoms with Gasteiger partial charge in [0, 0.05) is 11.7 Å². The van der Waals surface area contributed by atoms with Gasteiger partial charge in [0.2, 0.25) is 0 Å². The number of carboxylic acid groups (broad SMARTS) is 1. The van der Waals surface area contributed by atoms with Gasteiger partial charge < -0.3 is 10.4 Å². The molecule has 2 unspecified atom stereocenters. The number of aromatic carboxylic acids is 1. The van der Waals surface area contributed by atoms with Crippen LogP contribution < -0.4 is 5.32 Å². The van der Waals surface area contributed by atoms with Crippen LogP contribution in [0.2, 0.25) is 5.02 Å². The number of hydrogen-bond acceptors (Lipinski definition) is 2. The second-order valence-electron chi connectivity index (χ2n) is 5.00. The summed E-state index contributed by atoms with van der Waals surface area (Å²) >= 11 is 5.86. The van der Waals surface area contributed by atoms with E-state index in [0.717, 1.165) is 24.9 Å². The van der Waals surface area contributed by atoms with Crippen LogP contribution in [0.15, 0.2) is 18.2 Å². The summed E-state index contributed by atoms with van der Waals surface area (Å²) in [6, 6.07) is 5.42. The van der Waals surface area contributed by atoms with E-state index in [4.69, 9.17) is 16.7 Å². The van der Waals surface area contributed by atoms with Crippen molar-refractivity contribution in [1.82, 2.24) is 0 Å². The van der Waals surface area contributed by atoms with Crippen LogP contribution in [0.1, 0.15) is 50.4 Å². The van der Waals surface area contributed by atoms with Gasteiger partial charge >= 0.3 is 5.97 Å². The average molecular weight is 284 g/mol. The molecule has 1 aromatic carbocycles. The van der Waals surface area contributed by atoms with Crippen LogP contribution in [-0.4, -0.2) is 17.1 Å². The summed E-state index contributed by atoms with van der Waals surface area (Å²) in [7, 11) is 0. The van der Waals surface area contributed by atoms with E-state index in [-0.39, 0.29) is 10.6 Å². The van der Waals surface area contributed by atoms with Crippen LogP contribution in [0.25, 0.3) is 0 Å². The molecule has 0 spiro atoms. The number of nitrogens with one attached hydrogen (secondary N) is 1. The first-order valence-corrected chi connectivity index (χ1v) is 7.15. The molecule has 0 aliphatic carbocycles. The highest BCUT2D eigenvalue weighted by Crippen LogP contribution is 2.23. The highest BCUT2D eigenvalue weighted by molar-refractivity contribution is 6.33. The van der Waals surface area contributed by atoms with Gasteiger partial charge in [0.1, 0.15) is 0 Å². The van der Waals surface area contributed by atoms with Gasteiger partial charge in [-0.3, -0.25) is 0 Å². The molecule has 1 rings (SSSR count). The zero-order chi connectivity index (χ0) is 14.4. The number of rotatable bonds is 7. The van der Waals surface area contributed by atoms with Crippen molar-refractivity contribution >= 4 is 23.3 Å². The number of benzene rings is 1. The van der Waals surface area contributed by atoms with Gasteiger partial charge in [-0.1, -0.05) is 38.8 Å². The predicted molar refractivity (Wildman–Crippen MR) is 80.2 cm³/mol. The van der Waals surface area contributed by atoms with Crippen molar-refractivity contribution in [2.75, 3.05) is 5.32 Å². The van der Waals surface area contributed by atoms with Gasteiger partial charge in [0.25, 0.3) is 0 Å². The molecule has 0 amide bonds. The van der Waals surface area contributed by atoms with Gasteiger partial charge in [-0.15, -0.1) is 0 Å². The highest BCUT2D eigenvalue weighted by atomic mass is 35.5. The lowest BCUT2D eigenvalue weighted by Crippen LogP contribution is -2.21. The Hall–Kier alpha value is -1.22. The predicted octanol–water partition coefficient (Wildman–Crippen LogP) is 4.66. The number of carbonyl (C=O) groups is 1. The molecule has 0 fully saturated rings. The monoisotopic (exact) mass is 283 g/mol. The molecule has 3 nitrogen and oxygen atoms in total. The summed E-state index contributed by atoms with van der Waals surface area (Å²) in [5, 5.41) is 12.7. The first kappa shape index (κ1) is 15.8. The molecule has 0 aliphatic rings. The maximum atomic E-state index is 11.0. The Balaban J connectivity index is 2.80. The van der Waals surface area contributed by atoms with E-state index in [2.05, 4.69) is 26.1 Å². The third kappa shape index (κ3) is 4.75. The fraction of sp³-hybridized carbons (Fsp3) is 0.533. The van der Waals surface area contributed by atoms with E-state index in [9.17, 15) is 4.79 Å². The summed E-state index contributed by atoms with van der Waals surface area (Å²) < 4.78 is 0. The second-order valence-corrected chi connectivity index (χ2v) is 5.41. The SMILES string of the molecule is CCC(C)CC(CC)Nc1ccc(Cl)c(C(=O)O)c1. The fourth-order valence-electron chi connectivity index (χ4n) is 1.99. The third-order valence-electron chi connectivity index (χ3n) is 3.44. The van der Waals surface area contributed by atoms with Crippen molar-refractivity contribution in [3.63, 3.8) is 0 Å². The summed E-state index contributed by atoms with van der Waals surface area (Å²) in [4.78, 5) is 11.0. The number of anilines is 1. The van der Waals surface area contributed by atoms with E-state index in [0.29, 0.717) is 12.0 Å². The van der Waals surface area contributed by atoms with Crippen LogP contribution >= 0.6 is 11.6 Å². The van der Waals surface area contributed by atoms with Gasteiger partial charge in [0.15, 0.2) is 0 Å². The maximum absolute atomic E-state index is 11.0. The molecule has 2 N–H and O–H groups in total. The molecule has 4 heteroatoms. The standard InChI is InChI=1S/C15H22ClNO2/c1-4-10(3)8-11(5-2)17-12-6-7-14(16)13(9-12)15(18)19/h6-7,9-11,17H,4-5,8H2,1-3H3,(H,18,19). The minimum atomic E-state index is -0.997. The van der Waals surface area contributed by atoms with Crippen molar-refractivity contribution in [2.24, 2.45) is 5.92 Å². The Morgan fingerprint density at radius 1 is 1.37 bits per heavy atom. The van der Waals surface area contributed by atoms with E-state index in [1.165, 1.54) is 0 Å². The normalized spacial score (nSPS) is 13.9. The third-order valence-corrected chi connectivity index (χ3v) is 3.77. The minimum absolute atomic E-state index is 0.144. The summed E-state index contributed by atoms with van der Waals surface area (Å²) in [6.45, 7) is 6.55. The Morgan fingerprint density at radius 2 is 2.05 bits per heavy atom. The lowest BCUT2D eigenvalue weighted by Gasteiger charge is -2.21. The lowest BCUT2D eigenvalue weighted by molar-refractivity contribution is 0.0697. The summed E-state index contributed by atoms with van der Waals surface area (Å²) in [5.74, 6) is -0.340. The topological polar surface area (TPSA) is 49.3 Å². The largest absolute Gasteiger partial charge is 0.478 e. The lowest BCUT2D eigenvalue weighted by atomic mass is 9.97. The van der Waals surface area contributed by atoms with Gasteiger partial charge in [-0.05, 0) is 37.0 Å². The van der Waals surface area contributed by atoms with Crippen molar-refractivity contribution in [2.45, 2.75) is 46.1 Å². The minimum Gasteiger partial charge on any atom is -0.478 e. The van der Waals surface area contributed by atoms with Crippen molar-refractivity contribution in [1.29, 1.82) is 0 Å². The first-order chi connectivity index (χ1) is 8.97. The van der Waals surface area contributed by atoms with E-state index >= 15 is 0 Å². The number of hydrogen-bond donors (Lipinski definition) is 2. The van der Waals surface area contributed by atoms with Crippen LogP contribution in [-0.2, 0) is 0 Å². The zero-order valence-corrected chi connectivity index (χ0v) is 12.5. The molecule has 19 heavy (non-hydrogen) atoms. The van der Waals surface area contributed by atoms with Crippen LogP contribution in [0.5, 0.6) is 0 Å². The Kier molecular flexibility index (Phi) is 6.16. The molecule has 0 saturated heterocycles. The molecule has 1 aromatic rings. The Morgan fingerprint density at radius 3 is 2.58 bits per heavy atom. The molecule has 2 atom stereocenters. The molecule has 0 aliphatic heterocycles. The molecular weight excluding hydrogens is 262 g/mol. The molecule has 0 radical (unpaired) electrons. The first-order valence-electron chi connectivity index (χ1n) is 6.77. The molecule has 0 saturated carbocycles. The van der Waals surface area contributed by atoms with E-state index in [1.54, 1.807) is 12.1 Å². The molecular formula is C15H22ClNO2. The maximum Gasteiger partial charge on any atom is 0.337 e. The number of carboxylic acids is 1. The molecule has 0 bridgehead atoms. The molecule has 0 aromatic heterocycles. The van der Waals surface area contributed by atoms with Crippen molar-refractivity contribution in [3.8, 4) is 0 Å². The van der Waals surface area contributed by atoms with Gasteiger partial charge in [0.05, 0.1) is 10.6 Å². The van der Waals surface area contributed by atoms with Crippen molar-refractivity contribution in [3.05, 3.63) is 28.8 Å². The van der Waals surface area contributed by atoms with Crippen LogP contribution in [0, 0.1) is 5.92 Å². The smallest absolute Gasteiger partial charge is 0.337 e.